The smallest absolute Gasteiger partial charge is 0.182 e. The summed E-state index contributed by atoms with van der Waals surface area (Å²) in [5, 5.41) is 19.9. The van der Waals surface area contributed by atoms with Crippen LogP contribution in [0.5, 0.6) is 0 Å². The number of aliphatic hydroxyl groups is 2. The quantitative estimate of drug-likeness (QED) is 0.647. The molecule has 88 valence electrons. The molecule has 1 unspecified atom stereocenters. The molecule has 0 amide bonds. The summed E-state index contributed by atoms with van der Waals surface area (Å²) in [7, 11) is 0. The maximum Gasteiger partial charge on any atom is 0.182 e. The maximum atomic E-state index is 13.3. The summed E-state index contributed by atoms with van der Waals surface area (Å²) in [6, 6.07) is 1.96. The Bertz CT molecular complexity index is 385. The zero-order valence-electron chi connectivity index (χ0n) is 8.28. The van der Waals surface area contributed by atoms with Crippen molar-refractivity contribution in [2.24, 2.45) is 0 Å². The summed E-state index contributed by atoms with van der Waals surface area (Å²) in [6.45, 7) is -0.696. The summed E-state index contributed by atoms with van der Waals surface area (Å²) >= 11 is 0. The number of nitrogens with one attached hydrogen (secondary N) is 1. The third-order valence-electron chi connectivity index (χ3n) is 1.98. The van der Waals surface area contributed by atoms with E-state index in [1.165, 1.54) is 0 Å². The van der Waals surface area contributed by atoms with Crippen molar-refractivity contribution in [2.75, 3.05) is 18.5 Å². The molecule has 0 aromatic heterocycles. The summed E-state index contributed by atoms with van der Waals surface area (Å²) in [5.74, 6) is -2.28. The molecule has 0 aliphatic heterocycles. The van der Waals surface area contributed by atoms with Crippen LogP contribution in [-0.2, 0) is 0 Å². The fraction of sp³-hybridized carbons (Fsp3) is 0.300. The molecule has 0 heterocycles. The van der Waals surface area contributed by atoms with Crippen LogP contribution in [0.3, 0.4) is 0 Å². The van der Waals surface area contributed by atoms with Crippen LogP contribution in [0.2, 0.25) is 0 Å². The average molecular weight is 231 g/mol. The van der Waals surface area contributed by atoms with Gasteiger partial charge in [0.25, 0.3) is 0 Å². The topological polar surface area (TPSA) is 69.6 Å². The van der Waals surface area contributed by atoms with Crippen molar-refractivity contribution in [3.8, 4) is 0 Å². The van der Waals surface area contributed by atoms with Gasteiger partial charge in [-0.3, -0.25) is 4.79 Å². The molecule has 0 bridgehead atoms. The van der Waals surface area contributed by atoms with Crippen LogP contribution in [0.25, 0.3) is 0 Å². The SMILES string of the molecule is O=Cc1ccc(F)c(F)c1NCC(O)CO. The molecule has 0 spiro atoms. The van der Waals surface area contributed by atoms with E-state index in [0.29, 0.717) is 6.29 Å². The molecular weight excluding hydrogens is 220 g/mol. The highest BCUT2D eigenvalue weighted by Crippen LogP contribution is 2.21. The molecule has 1 atom stereocenters. The van der Waals surface area contributed by atoms with E-state index in [0.717, 1.165) is 12.1 Å². The Morgan fingerprint density at radius 3 is 2.69 bits per heavy atom. The van der Waals surface area contributed by atoms with Gasteiger partial charge in [-0.1, -0.05) is 0 Å². The predicted molar refractivity (Wildman–Crippen MR) is 53.3 cm³/mol. The molecular formula is C10H11F2NO3. The normalized spacial score (nSPS) is 12.2. The Morgan fingerprint density at radius 2 is 2.12 bits per heavy atom. The van der Waals surface area contributed by atoms with Gasteiger partial charge in [0.1, 0.15) is 0 Å². The van der Waals surface area contributed by atoms with Gasteiger partial charge in [-0.2, -0.15) is 0 Å². The Labute approximate surface area is 90.5 Å². The van der Waals surface area contributed by atoms with E-state index in [4.69, 9.17) is 10.2 Å². The van der Waals surface area contributed by atoms with Gasteiger partial charge in [0.2, 0.25) is 0 Å². The highest BCUT2D eigenvalue weighted by atomic mass is 19.2. The molecule has 3 N–H and O–H groups in total. The van der Waals surface area contributed by atoms with E-state index in [1.807, 2.05) is 0 Å². The first-order chi connectivity index (χ1) is 7.60. The van der Waals surface area contributed by atoms with Gasteiger partial charge >= 0.3 is 0 Å². The Morgan fingerprint density at radius 1 is 1.44 bits per heavy atom. The largest absolute Gasteiger partial charge is 0.394 e. The second-order valence-corrected chi connectivity index (χ2v) is 3.16. The molecule has 4 nitrogen and oxygen atoms in total. The van der Waals surface area contributed by atoms with Gasteiger partial charge < -0.3 is 15.5 Å². The van der Waals surface area contributed by atoms with Gasteiger partial charge in [-0.25, -0.2) is 8.78 Å². The second-order valence-electron chi connectivity index (χ2n) is 3.16. The fourth-order valence-electron chi connectivity index (χ4n) is 1.13. The van der Waals surface area contributed by atoms with Crippen LogP contribution >= 0.6 is 0 Å². The lowest BCUT2D eigenvalue weighted by Crippen LogP contribution is -2.24. The molecule has 1 aromatic carbocycles. The minimum Gasteiger partial charge on any atom is -0.394 e. The molecule has 0 saturated heterocycles. The maximum absolute atomic E-state index is 13.3. The van der Waals surface area contributed by atoms with E-state index in [-0.39, 0.29) is 17.8 Å². The van der Waals surface area contributed by atoms with Crippen molar-refractivity contribution < 1.29 is 23.8 Å². The van der Waals surface area contributed by atoms with Crippen molar-refractivity contribution in [1.29, 1.82) is 0 Å². The average Bonchev–Trinajstić information content (AvgIpc) is 2.30. The Kier molecular flexibility index (Phi) is 4.33. The molecule has 0 radical (unpaired) electrons. The summed E-state index contributed by atoms with van der Waals surface area (Å²) < 4.78 is 26.1. The molecule has 0 aliphatic rings. The fourth-order valence-corrected chi connectivity index (χ4v) is 1.13. The molecule has 0 fully saturated rings. The summed E-state index contributed by atoms with van der Waals surface area (Å²) in [4.78, 5) is 10.6. The third kappa shape index (κ3) is 2.74. The van der Waals surface area contributed by atoms with Crippen molar-refractivity contribution >= 4 is 12.0 Å². The number of halogens is 2. The van der Waals surface area contributed by atoms with E-state index in [1.54, 1.807) is 0 Å². The number of rotatable bonds is 5. The van der Waals surface area contributed by atoms with E-state index < -0.39 is 24.3 Å². The monoisotopic (exact) mass is 231 g/mol. The zero-order chi connectivity index (χ0) is 12.1. The van der Waals surface area contributed by atoms with E-state index in [2.05, 4.69) is 5.32 Å². The number of carbonyl (C=O) groups is 1. The number of anilines is 1. The van der Waals surface area contributed by atoms with Crippen molar-refractivity contribution in [2.45, 2.75) is 6.10 Å². The highest BCUT2D eigenvalue weighted by molar-refractivity contribution is 5.84. The minimum atomic E-state index is -1.19. The van der Waals surface area contributed by atoms with Crippen molar-refractivity contribution in [3.05, 3.63) is 29.3 Å². The van der Waals surface area contributed by atoms with Gasteiger partial charge in [0, 0.05) is 12.1 Å². The number of aliphatic hydroxyl groups excluding tert-OH is 2. The van der Waals surface area contributed by atoms with Crippen LogP contribution < -0.4 is 5.32 Å². The Balaban J connectivity index is 2.92. The van der Waals surface area contributed by atoms with Crippen LogP contribution in [0, 0.1) is 11.6 Å². The molecule has 16 heavy (non-hydrogen) atoms. The molecule has 1 rings (SSSR count). The lowest BCUT2D eigenvalue weighted by Gasteiger charge is -2.12. The first-order valence-corrected chi connectivity index (χ1v) is 4.56. The molecule has 6 heteroatoms. The lowest BCUT2D eigenvalue weighted by molar-refractivity contribution is 0.105. The van der Waals surface area contributed by atoms with Gasteiger partial charge in [0.15, 0.2) is 17.9 Å². The van der Waals surface area contributed by atoms with Crippen molar-refractivity contribution in [3.63, 3.8) is 0 Å². The van der Waals surface area contributed by atoms with E-state index >= 15 is 0 Å². The van der Waals surface area contributed by atoms with Crippen LogP contribution in [-0.4, -0.2) is 35.8 Å². The number of hydrogen-bond donors (Lipinski definition) is 3. The van der Waals surface area contributed by atoms with Crippen LogP contribution in [0.1, 0.15) is 10.4 Å². The van der Waals surface area contributed by atoms with Crippen molar-refractivity contribution in [1.82, 2.24) is 0 Å². The molecule has 1 aromatic rings. The first-order valence-electron chi connectivity index (χ1n) is 4.56. The zero-order valence-corrected chi connectivity index (χ0v) is 8.28. The number of carbonyl (C=O) groups excluding carboxylic acids is 1. The number of hydrogen-bond acceptors (Lipinski definition) is 4. The van der Waals surface area contributed by atoms with Gasteiger partial charge in [-0.05, 0) is 12.1 Å². The summed E-state index contributed by atoms with van der Waals surface area (Å²) in [6.07, 6.45) is -0.738. The van der Waals surface area contributed by atoms with Gasteiger partial charge in [0.05, 0.1) is 18.4 Å². The van der Waals surface area contributed by atoms with E-state index in [9.17, 15) is 13.6 Å². The summed E-state index contributed by atoms with van der Waals surface area (Å²) in [5.41, 5.74) is -0.369. The standard InChI is InChI=1S/C10H11F2NO3/c11-8-2-1-6(4-14)10(9(8)12)13-3-7(16)5-15/h1-2,4,7,13,15-16H,3,5H2. The minimum absolute atomic E-state index is 0.0518. The first kappa shape index (κ1) is 12.5. The van der Waals surface area contributed by atoms with Gasteiger partial charge in [-0.15, -0.1) is 0 Å². The molecule has 0 aliphatic carbocycles. The lowest BCUT2D eigenvalue weighted by atomic mass is 10.1. The molecule has 0 saturated carbocycles. The highest BCUT2D eigenvalue weighted by Gasteiger charge is 2.13. The number of benzene rings is 1. The van der Waals surface area contributed by atoms with Crippen LogP contribution in [0.15, 0.2) is 12.1 Å². The predicted octanol–water partition coefficient (Wildman–Crippen LogP) is 0.542. The van der Waals surface area contributed by atoms with Crippen LogP contribution in [0.4, 0.5) is 14.5 Å². The second kappa shape index (κ2) is 5.53. The Hall–Kier alpha value is -1.53. The number of aldehydes is 1. The third-order valence-corrected chi connectivity index (χ3v) is 1.98.